The van der Waals surface area contributed by atoms with Crippen LogP contribution in [0.5, 0.6) is 5.75 Å². The number of benzene rings is 2. The number of unbranched alkanes of at least 4 members (excludes halogenated alkanes) is 1. The van der Waals surface area contributed by atoms with Gasteiger partial charge in [-0.1, -0.05) is 29.3 Å². The maximum Gasteiger partial charge on any atom is 0.416 e. The number of halogens is 5. The van der Waals surface area contributed by atoms with Crippen molar-refractivity contribution in [3.63, 3.8) is 0 Å². The first-order valence-corrected chi connectivity index (χ1v) is 13.7. The molecule has 2 heterocycles. The van der Waals surface area contributed by atoms with Crippen LogP contribution in [-0.2, 0) is 15.7 Å². The Hall–Kier alpha value is -2.00. The van der Waals surface area contributed by atoms with Crippen molar-refractivity contribution in [2.75, 3.05) is 45.9 Å². The predicted molar refractivity (Wildman–Crippen MR) is 142 cm³/mol. The number of amides is 1. The fourth-order valence-electron chi connectivity index (χ4n) is 5.22. The maximum atomic E-state index is 13.2. The zero-order valence-corrected chi connectivity index (χ0v) is 22.9. The minimum atomic E-state index is -4.41. The Morgan fingerprint density at radius 2 is 1.76 bits per heavy atom. The highest BCUT2D eigenvalue weighted by Gasteiger charge is 2.40. The summed E-state index contributed by atoms with van der Waals surface area (Å²) in [5.74, 6) is 0.325. The highest BCUT2D eigenvalue weighted by atomic mass is 35.5. The molecule has 0 saturated carbocycles. The second-order valence-corrected chi connectivity index (χ2v) is 10.8. The van der Waals surface area contributed by atoms with E-state index in [0.29, 0.717) is 35.3 Å². The standard InChI is InChI=1S/C28H33Cl2F3N2O3/c1-19(38-22-8-6-21(7-9-22)28(31,32)33)23-17-35(18-24(23)20-5-10-25(29)26(30)16-20)27(36)4-2-3-11-34-12-14-37-15-13-34/h5-10,16,19,23-24H,2-4,11-15,17-18H2,1H3. The lowest BCUT2D eigenvalue weighted by molar-refractivity contribution is -0.137. The predicted octanol–water partition coefficient (Wildman–Crippen LogP) is 6.52. The molecule has 2 saturated heterocycles. The smallest absolute Gasteiger partial charge is 0.416 e. The SMILES string of the molecule is CC(Oc1ccc(C(F)(F)F)cc1)C1CN(C(=O)CCCCN2CCOCC2)CC1c1ccc(Cl)c(Cl)c1. The number of hydrogen-bond acceptors (Lipinski definition) is 4. The Bertz CT molecular complexity index is 1080. The van der Waals surface area contributed by atoms with Gasteiger partial charge in [-0.25, -0.2) is 0 Å². The van der Waals surface area contributed by atoms with Gasteiger partial charge in [0.05, 0.1) is 28.8 Å². The molecule has 2 aromatic carbocycles. The minimum Gasteiger partial charge on any atom is -0.490 e. The molecule has 2 aliphatic heterocycles. The van der Waals surface area contributed by atoms with Crippen LogP contribution in [-0.4, -0.2) is 67.7 Å². The van der Waals surface area contributed by atoms with Crippen LogP contribution in [0, 0.1) is 5.92 Å². The first-order valence-electron chi connectivity index (χ1n) is 13.0. The fourth-order valence-corrected chi connectivity index (χ4v) is 5.53. The molecule has 0 N–H and O–H groups in total. The van der Waals surface area contributed by atoms with Gasteiger partial charge in [-0.3, -0.25) is 9.69 Å². The molecular weight excluding hydrogens is 540 g/mol. The van der Waals surface area contributed by atoms with E-state index in [0.717, 1.165) is 63.4 Å². The van der Waals surface area contributed by atoms with Gasteiger partial charge in [0.25, 0.3) is 0 Å². The largest absolute Gasteiger partial charge is 0.490 e. The van der Waals surface area contributed by atoms with Crippen LogP contribution in [0.3, 0.4) is 0 Å². The van der Waals surface area contributed by atoms with Gasteiger partial charge < -0.3 is 14.4 Å². The number of ether oxygens (including phenoxy) is 2. The van der Waals surface area contributed by atoms with Gasteiger partial charge in [0.1, 0.15) is 11.9 Å². The van der Waals surface area contributed by atoms with Gasteiger partial charge in [-0.05, 0) is 68.3 Å². The third-order valence-electron chi connectivity index (χ3n) is 7.41. The minimum absolute atomic E-state index is 0.0495. The van der Waals surface area contributed by atoms with E-state index in [1.165, 1.54) is 12.1 Å². The molecular formula is C28H33Cl2F3N2O3. The fraction of sp³-hybridized carbons (Fsp3) is 0.536. The molecule has 5 nitrogen and oxygen atoms in total. The number of carbonyl (C=O) groups is 1. The van der Waals surface area contributed by atoms with Crippen LogP contribution >= 0.6 is 23.2 Å². The molecule has 2 fully saturated rings. The first-order chi connectivity index (χ1) is 18.1. The van der Waals surface area contributed by atoms with E-state index in [1.54, 1.807) is 6.07 Å². The van der Waals surface area contributed by atoms with Crippen molar-refractivity contribution >= 4 is 29.1 Å². The highest BCUT2D eigenvalue weighted by Crippen LogP contribution is 2.39. The normalized spacial score (nSPS) is 21.5. The lowest BCUT2D eigenvalue weighted by atomic mass is 9.85. The molecule has 3 unspecified atom stereocenters. The van der Waals surface area contributed by atoms with Crippen molar-refractivity contribution < 1.29 is 27.4 Å². The van der Waals surface area contributed by atoms with E-state index in [9.17, 15) is 18.0 Å². The molecule has 0 aliphatic carbocycles. The van der Waals surface area contributed by atoms with E-state index < -0.39 is 11.7 Å². The van der Waals surface area contributed by atoms with Crippen LogP contribution in [0.4, 0.5) is 13.2 Å². The Morgan fingerprint density at radius 1 is 1.05 bits per heavy atom. The molecule has 3 atom stereocenters. The maximum absolute atomic E-state index is 13.2. The molecule has 208 valence electrons. The second kappa shape index (κ2) is 12.9. The van der Waals surface area contributed by atoms with Crippen molar-refractivity contribution in [1.82, 2.24) is 9.80 Å². The molecule has 4 rings (SSSR count). The Labute approximate surface area is 231 Å². The monoisotopic (exact) mass is 572 g/mol. The van der Waals surface area contributed by atoms with E-state index >= 15 is 0 Å². The quantitative estimate of drug-likeness (QED) is 0.320. The number of likely N-dealkylation sites (tertiary alicyclic amines) is 1. The third kappa shape index (κ3) is 7.56. The van der Waals surface area contributed by atoms with Gasteiger partial charge >= 0.3 is 6.18 Å². The highest BCUT2D eigenvalue weighted by molar-refractivity contribution is 6.42. The van der Waals surface area contributed by atoms with Crippen LogP contribution in [0.15, 0.2) is 42.5 Å². The number of nitrogens with zero attached hydrogens (tertiary/aromatic N) is 2. The zero-order chi connectivity index (χ0) is 27.3. The topological polar surface area (TPSA) is 42.0 Å². The molecule has 2 aliphatic rings. The summed E-state index contributed by atoms with van der Waals surface area (Å²) < 4.78 is 50.3. The summed E-state index contributed by atoms with van der Waals surface area (Å²) in [6.45, 7) is 7.26. The van der Waals surface area contributed by atoms with Crippen LogP contribution < -0.4 is 4.74 Å². The lowest BCUT2D eigenvalue weighted by Gasteiger charge is -2.26. The van der Waals surface area contributed by atoms with Gasteiger partial charge in [-0.2, -0.15) is 13.2 Å². The number of carbonyl (C=O) groups excluding carboxylic acids is 1. The van der Waals surface area contributed by atoms with Gasteiger partial charge in [0.2, 0.25) is 5.91 Å². The number of morpholine rings is 1. The summed E-state index contributed by atoms with van der Waals surface area (Å²) in [5, 5.41) is 0.888. The lowest BCUT2D eigenvalue weighted by Crippen LogP contribution is -2.37. The summed E-state index contributed by atoms with van der Waals surface area (Å²) in [6.07, 6.45) is -2.53. The molecule has 10 heteroatoms. The number of alkyl halides is 3. The number of rotatable bonds is 9. The van der Waals surface area contributed by atoms with E-state index in [2.05, 4.69) is 4.90 Å². The van der Waals surface area contributed by atoms with Crippen LogP contribution in [0.25, 0.3) is 0 Å². The summed E-state index contributed by atoms with van der Waals surface area (Å²) in [5.41, 5.74) is 0.229. The van der Waals surface area contributed by atoms with Crippen LogP contribution in [0.1, 0.15) is 43.2 Å². The van der Waals surface area contributed by atoms with Crippen molar-refractivity contribution in [2.45, 2.75) is 44.4 Å². The molecule has 0 bridgehead atoms. The first kappa shape index (κ1) is 29.0. The van der Waals surface area contributed by atoms with Gasteiger partial charge in [0, 0.05) is 44.4 Å². The molecule has 0 radical (unpaired) electrons. The van der Waals surface area contributed by atoms with Crippen molar-refractivity contribution in [3.8, 4) is 5.75 Å². The van der Waals surface area contributed by atoms with E-state index in [4.69, 9.17) is 32.7 Å². The average Bonchev–Trinajstić information content (AvgIpc) is 3.34. The zero-order valence-electron chi connectivity index (χ0n) is 21.4. The Kier molecular flexibility index (Phi) is 9.84. The van der Waals surface area contributed by atoms with E-state index in [-0.39, 0.29) is 23.8 Å². The molecule has 2 aromatic rings. The molecule has 38 heavy (non-hydrogen) atoms. The number of hydrogen-bond donors (Lipinski definition) is 0. The summed E-state index contributed by atoms with van der Waals surface area (Å²) in [6, 6.07) is 10.2. The van der Waals surface area contributed by atoms with Gasteiger partial charge in [-0.15, -0.1) is 0 Å². The van der Waals surface area contributed by atoms with E-state index in [1.807, 2.05) is 24.0 Å². The third-order valence-corrected chi connectivity index (χ3v) is 8.15. The Balaban J connectivity index is 1.41. The van der Waals surface area contributed by atoms with Crippen LogP contribution in [0.2, 0.25) is 10.0 Å². The van der Waals surface area contributed by atoms with Crippen molar-refractivity contribution in [3.05, 3.63) is 63.6 Å². The van der Waals surface area contributed by atoms with Crippen molar-refractivity contribution in [1.29, 1.82) is 0 Å². The van der Waals surface area contributed by atoms with Gasteiger partial charge in [0.15, 0.2) is 0 Å². The summed E-state index contributed by atoms with van der Waals surface area (Å²) in [7, 11) is 0. The molecule has 0 spiro atoms. The molecule has 1 amide bonds. The summed E-state index contributed by atoms with van der Waals surface area (Å²) >= 11 is 12.4. The summed E-state index contributed by atoms with van der Waals surface area (Å²) in [4.78, 5) is 17.4. The Morgan fingerprint density at radius 3 is 2.42 bits per heavy atom. The molecule has 0 aromatic heterocycles. The van der Waals surface area contributed by atoms with Crippen molar-refractivity contribution in [2.24, 2.45) is 5.92 Å². The second-order valence-electron chi connectivity index (χ2n) is 10.00. The average molecular weight is 573 g/mol.